The lowest BCUT2D eigenvalue weighted by Gasteiger charge is -2.24. The number of benzene rings is 1. The molecule has 0 saturated carbocycles. The first kappa shape index (κ1) is 15.3. The molecule has 2 rings (SSSR count). The van der Waals surface area contributed by atoms with E-state index in [1.807, 2.05) is 47.4 Å². The third-order valence-electron chi connectivity index (χ3n) is 3.33. The molecule has 0 saturated heterocycles. The highest BCUT2D eigenvalue weighted by Gasteiger charge is 2.15. The van der Waals surface area contributed by atoms with Gasteiger partial charge in [-0.25, -0.2) is 4.68 Å². The molecule has 0 bridgehead atoms. The van der Waals surface area contributed by atoms with Gasteiger partial charge in [0.2, 0.25) is 0 Å². The van der Waals surface area contributed by atoms with Crippen LogP contribution >= 0.6 is 0 Å². The minimum absolute atomic E-state index is 0.223. The highest BCUT2D eigenvalue weighted by atomic mass is 16.5. The molecule has 5 nitrogen and oxygen atoms in total. The Balaban J connectivity index is 2.08. The van der Waals surface area contributed by atoms with Gasteiger partial charge < -0.3 is 4.74 Å². The topological polar surface area (TPSA) is 47.4 Å². The van der Waals surface area contributed by atoms with Crippen molar-refractivity contribution in [2.75, 3.05) is 13.7 Å². The number of hydrogen-bond acceptors (Lipinski definition) is 4. The van der Waals surface area contributed by atoms with E-state index in [0.717, 1.165) is 11.3 Å². The van der Waals surface area contributed by atoms with E-state index in [-0.39, 0.29) is 18.6 Å². The van der Waals surface area contributed by atoms with Crippen LogP contribution in [0.1, 0.15) is 19.4 Å². The van der Waals surface area contributed by atoms with Gasteiger partial charge >= 0.3 is 5.97 Å². The van der Waals surface area contributed by atoms with Crippen LogP contribution in [0.4, 0.5) is 0 Å². The normalized spacial score (nSPS) is 11.1. The van der Waals surface area contributed by atoms with Crippen molar-refractivity contribution in [3.05, 3.63) is 48.3 Å². The maximum atomic E-state index is 11.5. The number of carbonyl (C=O) groups excluding carboxylic acids is 1. The summed E-state index contributed by atoms with van der Waals surface area (Å²) < 4.78 is 6.58. The molecule has 5 heteroatoms. The van der Waals surface area contributed by atoms with Gasteiger partial charge in [-0.05, 0) is 26.0 Å². The van der Waals surface area contributed by atoms with E-state index in [2.05, 4.69) is 23.8 Å². The van der Waals surface area contributed by atoms with Crippen molar-refractivity contribution >= 4 is 5.97 Å². The molecule has 0 spiro atoms. The highest BCUT2D eigenvalue weighted by molar-refractivity contribution is 5.71. The predicted octanol–water partition coefficient (Wildman–Crippen LogP) is 2.26. The molecule has 112 valence electrons. The van der Waals surface area contributed by atoms with Crippen molar-refractivity contribution in [2.24, 2.45) is 0 Å². The quantitative estimate of drug-likeness (QED) is 0.765. The van der Waals surface area contributed by atoms with Crippen LogP contribution < -0.4 is 0 Å². The lowest BCUT2D eigenvalue weighted by molar-refractivity contribution is -0.142. The number of esters is 1. The summed E-state index contributed by atoms with van der Waals surface area (Å²) in [7, 11) is 1.41. The number of para-hydroxylation sites is 1. The second-order valence-electron chi connectivity index (χ2n) is 5.20. The Morgan fingerprint density at radius 1 is 1.33 bits per heavy atom. The summed E-state index contributed by atoms with van der Waals surface area (Å²) in [4.78, 5) is 13.5. The highest BCUT2D eigenvalue weighted by Crippen LogP contribution is 2.11. The van der Waals surface area contributed by atoms with E-state index in [1.54, 1.807) is 0 Å². The molecule has 0 atom stereocenters. The Hall–Kier alpha value is -2.14. The van der Waals surface area contributed by atoms with Crippen LogP contribution in [0.15, 0.2) is 42.7 Å². The lowest BCUT2D eigenvalue weighted by atomic mass is 10.2. The van der Waals surface area contributed by atoms with Crippen LogP contribution in [-0.2, 0) is 16.1 Å². The first-order valence-corrected chi connectivity index (χ1v) is 7.00. The minimum Gasteiger partial charge on any atom is -0.468 e. The fourth-order valence-electron chi connectivity index (χ4n) is 2.05. The Kier molecular flexibility index (Phi) is 5.11. The van der Waals surface area contributed by atoms with Gasteiger partial charge in [0.05, 0.1) is 25.5 Å². The van der Waals surface area contributed by atoms with Gasteiger partial charge in [0.1, 0.15) is 0 Å². The summed E-state index contributed by atoms with van der Waals surface area (Å²) in [6.45, 7) is 5.07. The molecule has 0 amide bonds. The molecule has 0 N–H and O–H groups in total. The van der Waals surface area contributed by atoms with Crippen LogP contribution in [0, 0.1) is 0 Å². The lowest BCUT2D eigenvalue weighted by Crippen LogP contribution is -2.35. The molecule has 1 aromatic heterocycles. The molecule has 0 aliphatic rings. The van der Waals surface area contributed by atoms with E-state index in [9.17, 15) is 4.79 Å². The van der Waals surface area contributed by atoms with Crippen LogP contribution in [0.3, 0.4) is 0 Å². The Morgan fingerprint density at radius 3 is 2.67 bits per heavy atom. The fourth-order valence-corrected chi connectivity index (χ4v) is 2.05. The maximum absolute atomic E-state index is 11.5. The van der Waals surface area contributed by atoms with Gasteiger partial charge in [-0.15, -0.1) is 0 Å². The maximum Gasteiger partial charge on any atom is 0.319 e. The summed E-state index contributed by atoms with van der Waals surface area (Å²) in [6, 6.07) is 10.2. The van der Waals surface area contributed by atoms with E-state index < -0.39 is 0 Å². The van der Waals surface area contributed by atoms with Crippen molar-refractivity contribution in [3.63, 3.8) is 0 Å². The average Bonchev–Trinajstić information content (AvgIpc) is 2.95. The second-order valence-corrected chi connectivity index (χ2v) is 5.20. The molecular formula is C16H21N3O2. The van der Waals surface area contributed by atoms with E-state index >= 15 is 0 Å². The average molecular weight is 287 g/mol. The standard InChI is InChI=1S/C16H21N3O2/c1-13(2)18(12-16(20)21-3)10-14-9-17-19(11-14)15-7-5-4-6-8-15/h4-9,11,13H,10,12H2,1-3H3. The minimum atomic E-state index is -0.223. The molecule has 2 aromatic rings. The van der Waals surface area contributed by atoms with E-state index in [4.69, 9.17) is 4.74 Å². The third kappa shape index (κ3) is 4.16. The zero-order chi connectivity index (χ0) is 15.2. The van der Waals surface area contributed by atoms with Crippen molar-refractivity contribution in [1.82, 2.24) is 14.7 Å². The van der Waals surface area contributed by atoms with E-state index in [0.29, 0.717) is 6.54 Å². The van der Waals surface area contributed by atoms with E-state index in [1.165, 1.54) is 7.11 Å². The zero-order valence-corrected chi connectivity index (χ0v) is 12.7. The Morgan fingerprint density at radius 2 is 2.05 bits per heavy atom. The molecule has 0 fully saturated rings. The fraction of sp³-hybridized carbons (Fsp3) is 0.375. The predicted molar refractivity (Wildman–Crippen MR) is 81.1 cm³/mol. The van der Waals surface area contributed by atoms with Crippen molar-refractivity contribution in [1.29, 1.82) is 0 Å². The molecule has 21 heavy (non-hydrogen) atoms. The summed E-state index contributed by atoms with van der Waals surface area (Å²) >= 11 is 0. The second kappa shape index (κ2) is 7.04. The van der Waals surface area contributed by atoms with Crippen LogP contribution in [-0.4, -0.2) is 40.3 Å². The smallest absolute Gasteiger partial charge is 0.319 e. The van der Waals surface area contributed by atoms with Gasteiger partial charge in [-0.3, -0.25) is 9.69 Å². The molecule has 0 aliphatic heterocycles. The molecule has 0 aliphatic carbocycles. The molecular weight excluding hydrogens is 266 g/mol. The van der Waals surface area contributed by atoms with Crippen LogP contribution in [0.25, 0.3) is 5.69 Å². The van der Waals surface area contributed by atoms with Crippen molar-refractivity contribution in [3.8, 4) is 5.69 Å². The number of aromatic nitrogens is 2. The Bertz CT molecular complexity index is 578. The first-order chi connectivity index (χ1) is 10.1. The Labute approximate surface area is 125 Å². The van der Waals surface area contributed by atoms with Gasteiger partial charge in [0, 0.05) is 24.3 Å². The van der Waals surface area contributed by atoms with Gasteiger partial charge in [0.25, 0.3) is 0 Å². The number of hydrogen-bond donors (Lipinski definition) is 0. The van der Waals surface area contributed by atoms with Crippen LogP contribution in [0.2, 0.25) is 0 Å². The summed E-state index contributed by atoms with van der Waals surface area (Å²) in [5.74, 6) is -0.223. The molecule has 1 aromatic carbocycles. The van der Waals surface area contributed by atoms with Gasteiger partial charge in [-0.1, -0.05) is 18.2 Å². The summed E-state index contributed by atoms with van der Waals surface area (Å²) in [6.07, 6.45) is 3.82. The molecule has 1 heterocycles. The molecule has 0 unspecified atom stereocenters. The van der Waals surface area contributed by atoms with Crippen molar-refractivity contribution < 1.29 is 9.53 Å². The summed E-state index contributed by atoms with van der Waals surface area (Å²) in [5, 5.41) is 4.37. The monoisotopic (exact) mass is 287 g/mol. The van der Waals surface area contributed by atoms with Gasteiger partial charge in [-0.2, -0.15) is 5.10 Å². The van der Waals surface area contributed by atoms with Gasteiger partial charge in [0.15, 0.2) is 0 Å². The zero-order valence-electron chi connectivity index (χ0n) is 12.7. The van der Waals surface area contributed by atoms with Crippen LogP contribution in [0.5, 0.6) is 0 Å². The SMILES string of the molecule is COC(=O)CN(Cc1cnn(-c2ccccc2)c1)C(C)C. The third-order valence-corrected chi connectivity index (χ3v) is 3.33. The molecule has 0 radical (unpaired) electrons. The number of ether oxygens (including phenoxy) is 1. The largest absolute Gasteiger partial charge is 0.468 e. The first-order valence-electron chi connectivity index (χ1n) is 7.00. The number of nitrogens with zero attached hydrogens (tertiary/aromatic N) is 3. The number of methoxy groups -OCH3 is 1. The van der Waals surface area contributed by atoms with Crippen molar-refractivity contribution in [2.45, 2.75) is 26.4 Å². The summed E-state index contributed by atoms with van der Waals surface area (Å²) in [5.41, 5.74) is 2.09. The number of carbonyl (C=O) groups is 1. The number of rotatable bonds is 6.